The van der Waals surface area contributed by atoms with Crippen molar-refractivity contribution < 1.29 is 14.2 Å². The zero-order valence-corrected chi connectivity index (χ0v) is 22.2. The number of nitrogens with zero attached hydrogens (tertiary/aromatic N) is 4. The molecule has 0 unspecified atom stereocenters. The van der Waals surface area contributed by atoms with Gasteiger partial charge in [0.1, 0.15) is 13.2 Å². The molecule has 0 bridgehead atoms. The highest BCUT2D eigenvalue weighted by molar-refractivity contribution is 5.85. The van der Waals surface area contributed by atoms with Gasteiger partial charge in [-0.2, -0.15) is 5.26 Å². The summed E-state index contributed by atoms with van der Waals surface area (Å²) in [7, 11) is 1.74. The Kier molecular flexibility index (Phi) is 10.1. The quantitative estimate of drug-likeness (QED) is 0.481. The van der Waals surface area contributed by atoms with Gasteiger partial charge in [0.05, 0.1) is 35.1 Å². The first-order valence-electron chi connectivity index (χ1n) is 11.9. The standard InChI is InChI=1S/C26H29N5O4.2ClH/c1-33-25-17-30(8-9-31-22-12-18(14-27)2-3-19(22)4-5-26(31)32)7-6-21(25)29-15-20-13-23-24(16-28-20)35-11-10-34-23;;/h2-5,12-13,16,21,25,29H,6-11,15,17H2,1H3;2*1H/t21-,25+;;/m1../s1. The highest BCUT2D eigenvalue weighted by Gasteiger charge is 2.29. The maximum absolute atomic E-state index is 12.6. The van der Waals surface area contributed by atoms with Gasteiger partial charge in [-0.1, -0.05) is 6.07 Å². The molecule has 2 aliphatic rings. The van der Waals surface area contributed by atoms with E-state index in [1.54, 1.807) is 36.1 Å². The second-order valence-electron chi connectivity index (χ2n) is 8.88. The molecule has 0 radical (unpaired) electrons. The molecule has 0 saturated carbocycles. The third-order valence-corrected chi connectivity index (χ3v) is 6.74. The number of nitriles is 1. The van der Waals surface area contributed by atoms with Crippen LogP contribution >= 0.6 is 24.8 Å². The molecule has 1 fully saturated rings. The molecule has 0 amide bonds. The lowest BCUT2D eigenvalue weighted by atomic mass is 10.0. The fourth-order valence-corrected chi connectivity index (χ4v) is 4.81. The molecule has 2 aliphatic heterocycles. The van der Waals surface area contributed by atoms with Gasteiger partial charge in [0.2, 0.25) is 0 Å². The molecule has 37 heavy (non-hydrogen) atoms. The third kappa shape index (κ3) is 6.53. The second kappa shape index (κ2) is 13.1. The van der Waals surface area contributed by atoms with Gasteiger partial charge in [0.25, 0.3) is 5.56 Å². The summed E-state index contributed by atoms with van der Waals surface area (Å²) in [6, 6.07) is 13.1. The van der Waals surface area contributed by atoms with Crippen LogP contribution in [0.3, 0.4) is 0 Å². The van der Waals surface area contributed by atoms with Crippen molar-refractivity contribution in [2.24, 2.45) is 0 Å². The number of fused-ring (bicyclic) bond motifs is 2. The Labute approximate surface area is 228 Å². The molecule has 2 aromatic heterocycles. The molecule has 3 aromatic rings. The number of aromatic nitrogens is 2. The van der Waals surface area contributed by atoms with E-state index in [2.05, 4.69) is 21.3 Å². The van der Waals surface area contributed by atoms with Crippen molar-refractivity contribution in [3.05, 3.63) is 64.2 Å². The number of halogens is 2. The fourth-order valence-electron chi connectivity index (χ4n) is 4.81. The Bertz CT molecular complexity index is 1310. The lowest BCUT2D eigenvalue weighted by Gasteiger charge is -2.38. The number of pyridine rings is 2. The molecule has 11 heteroatoms. The van der Waals surface area contributed by atoms with Gasteiger partial charge in [0, 0.05) is 51.5 Å². The smallest absolute Gasteiger partial charge is 0.251 e. The van der Waals surface area contributed by atoms with Gasteiger partial charge in [-0.05, 0) is 36.6 Å². The van der Waals surface area contributed by atoms with Gasteiger partial charge >= 0.3 is 0 Å². The number of hydrogen-bond donors (Lipinski definition) is 1. The monoisotopic (exact) mass is 547 g/mol. The van der Waals surface area contributed by atoms with Crippen LogP contribution in [-0.2, 0) is 17.8 Å². The normalized spacial score (nSPS) is 18.9. The van der Waals surface area contributed by atoms with Crippen LogP contribution < -0.4 is 20.3 Å². The van der Waals surface area contributed by atoms with Crippen LogP contribution in [0.1, 0.15) is 17.7 Å². The largest absolute Gasteiger partial charge is 0.486 e. The molecule has 0 aliphatic carbocycles. The van der Waals surface area contributed by atoms with E-state index < -0.39 is 0 Å². The summed E-state index contributed by atoms with van der Waals surface area (Å²) in [6.45, 7) is 4.68. The summed E-state index contributed by atoms with van der Waals surface area (Å²) < 4.78 is 18.8. The van der Waals surface area contributed by atoms with Crippen LogP contribution in [-0.4, -0.2) is 66.6 Å². The number of benzene rings is 1. The van der Waals surface area contributed by atoms with E-state index in [9.17, 15) is 10.1 Å². The Morgan fingerprint density at radius 3 is 2.70 bits per heavy atom. The number of hydrogen-bond acceptors (Lipinski definition) is 8. The molecule has 0 spiro atoms. The van der Waals surface area contributed by atoms with E-state index >= 15 is 0 Å². The van der Waals surface area contributed by atoms with Crippen LogP contribution in [0, 0.1) is 11.3 Å². The zero-order chi connectivity index (χ0) is 24.2. The Morgan fingerprint density at radius 1 is 1.14 bits per heavy atom. The third-order valence-electron chi connectivity index (χ3n) is 6.74. The van der Waals surface area contributed by atoms with Gasteiger partial charge in [-0.3, -0.25) is 14.7 Å². The predicted molar refractivity (Wildman–Crippen MR) is 145 cm³/mol. The van der Waals surface area contributed by atoms with Crippen molar-refractivity contribution in [2.75, 3.05) is 40.0 Å². The van der Waals surface area contributed by atoms with E-state index in [1.165, 1.54) is 0 Å². The minimum atomic E-state index is -0.0561. The molecule has 4 heterocycles. The fraction of sp³-hybridized carbons (Fsp3) is 0.423. The van der Waals surface area contributed by atoms with E-state index in [-0.39, 0.29) is 42.5 Å². The molecule has 5 rings (SSSR count). The lowest BCUT2D eigenvalue weighted by molar-refractivity contribution is 0.00441. The van der Waals surface area contributed by atoms with Crippen molar-refractivity contribution in [3.63, 3.8) is 0 Å². The van der Waals surface area contributed by atoms with Crippen LogP contribution in [0.5, 0.6) is 11.5 Å². The molecular weight excluding hydrogens is 517 g/mol. The van der Waals surface area contributed by atoms with E-state index in [1.807, 2.05) is 18.2 Å². The minimum absolute atomic E-state index is 0. The maximum Gasteiger partial charge on any atom is 0.251 e. The summed E-state index contributed by atoms with van der Waals surface area (Å²) in [6.07, 6.45) is 2.67. The average molecular weight is 548 g/mol. The van der Waals surface area contributed by atoms with Crippen LogP contribution in [0.25, 0.3) is 10.9 Å². The molecule has 2 atom stereocenters. The van der Waals surface area contributed by atoms with Crippen LogP contribution in [0.2, 0.25) is 0 Å². The Balaban J connectivity index is 0.00000190. The van der Waals surface area contributed by atoms with Gasteiger partial charge in [0.15, 0.2) is 11.5 Å². The molecule has 1 N–H and O–H groups in total. The van der Waals surface area contributed by atoms with Crippen molar-refractivity contribution >= 4 is 35.7 Å². The molecule has 198 valence electrons. The first-order valence-corrected chi connectivity index (χ1v) is 11.9. The number of nitrogens with one attached hydrogen (secondary N) is 1. The van der Waals surface area contributed by atoms with E-state index in [4.69, 9.17) is 14.2 Å². The first kappa shape index (κ1) is 28.7. The number of methoxy groups -OCH3 is 1. The molecule has 1 aromatic carbocycles. The topological polar surface area (TPSA) is 102 Å². The predicted octanol–water partition coefficient (Wildman–Crippen LogP) is 2.76. The maximum atomic E-state index is 12.6. The van der Waals surface area contributed by atoms with Crippen LogP contribution in [0.15, 0.2) is 47.4 Å². The van der Waals surface area contributed by atoms with E-state index in [0.717, 1.165) is 48.4 Å². The van der Waals surface area contributed by atoms with Crippen molar-refractivity contribution in [2.45, 2.75) is 31.7 Å². The summed E-state index contributed by atoms with van der Waals surface area (Å²) in [5.41, 5.74) is 2.19. The Hall–Kier alpha value is -2.87. The SMILES string of the molecule is CO[C@H]1CN(CCn2c(=O)ccc3ccc(C#N)cc32)CC[C@H]1NCc1cc2c(cn1)OCCO2.Cl.Cl. The highest BCUT2D eigenvalue weighted by Crippen LogP contribution is 2.29. The zero-order valence-electron chi connectivity index (χ0n) is 20.6. The number of piperidine rings is 1. The van der Waals surface area contributed by atoms with Gasteiger partial charge < -0.3 is 24.1 Å². The summed E-state index contributed by atoms with van der Waals surface area (Å²) in [5.74, 6) is 1.43. The number of ether oxygens (including phenoxy) is 3. The van der Waals surface area contributed by atoms with Crippen molar-refractivity contribution in [1.82, 2.24) is 19.8 Å². The van der Waals surface area contributed by atoms with Crippen LogP contribution in [0.4, 0.5) is 0 Å². The molecular formula is C26H31Cl2N5O4. The van der Waals surface area contributed by atoms with Crippen molar-refractivity contribution in [3.8, 4) is 17.6 Å². The highest BCUT2D eigenvalue weighted by atomic mass is 35.5. The summed E-state index contributed by atoms with van der Waals surface area (Å²) in [5, 5.41) is 13.8. The first-order chi connectivity index (χ1) is 17.1. The van der Waals surface area contributed by atoms with E-state index in [0.29, 0.717) is 37.6 Å². The molecule has 1 saturated heterocycles. The van der Waals surface area contributed by atoms with Gasteiger partial charge in [-0.25, -0.2) is 0 Å². The number of likely N-dealkylation sites (tertiary alicyclic amines) is 1. The van der Waals surface area contributed by atoms with Crippen molar-refractivity contribution in [1.29, 1.82) is 5.26 Å². The second-order valence-corrected chi connectivity index (χ2v) is 8.88. The molecule has 9 nitrogen and oxygen atoms in total. The average Bonchev–Trinajstić information content (AvgIpc) is 2.91. The van der Waals surface area contributed by atoms with Gasteiger partial charge in [-0.15, -0.1) is 24.8 Å². The summed E-state index contributed by atoms with van der Waals surface area (Å²) in [4.78, 5) is 19.4. The number of rotatable bonds is 7. The minimum Gasteiger partial charge on any atom is -0.486 e. The Morgan fingerprint density at radius 2 is 1.92 bits per heavy atom. The lowest BCUT2D eigenvalue weighted by Crippen LogP contribution is -2.53. The summed E-state index contributed by atoms with van der Waals surface area (Å²) >= 11 is 0.